The van der Waals surface area contributed by atoms with Gasteiger partial charge in [0, 0.05) is 13.8 Å². The fourth-order valence-electron chi connectivity index (χ4n) is 2.00. The third-order valence-electron chi connectivity index (χ3n) is 2.83. The van der Waals surface area contributed by atoms with Crippen molar-refractivity contribution in [2.75, 3.05) is 0 Å². The average molecular weight is 300 g/mol. The van der Waals surface area contributed by atoms with E-state index >= 15 is 0 Å². The molecule has 0 aliphatic carbocycles. The summed E-state index contributed by atoms with van der Waals surface area (Å²) in [7, 11) is 0. The molecule has 22 heavy (non-hydrogen) atoms. The number of hydrogen-bond donors (Lipinski definition) is 0. The van der Waals surface area contributed by atoms with Crippen LogP contribution in [0.2, 0.25) is 0 Å². The molecule has 2 aromatic carbocycles. The Balaban J connectivity index is 0.00000242. The van der Waals surface area contributed by atoms with Gasteiger partial charge in [-0.15, -0.1) is 0 Å². The molecular formula is C18H20O4. The van der Waals surface area contributed by atoms with Crippen LogP contribution in [-0.4, -0.2) is 11.9 Å². The SMILES string of the molecule is C.CC(=O)Oc1ccc(C(OC(C)=O)c2ccccc2)cc1. The van der Waals surface area contributed by atoms with Gasteiger partial charge in [-0.2, -0.15) is 0 Å². The lowest BCUT2D eigenvalue weighted by atomic mass is 10.0. The second kappa shape index (κ2) is 7.98. The Bertz CT molecular complexity index is 617. The molecule has 0 fully saturated rings. The van der Waals surface area contributed by atoms with E-state index in [1.54, 1.807) is 24.3 Å². The minimum absolute atomic E-state index is 0. The zero-order chi connectivity index (χ0) is 15.2. The van der Waals surface area contributed by atoms with E-state index in [1.807, 2.05) is 30.3 Å². The molecule has 4 nitrogen and oxygen atoms in total. The van der Waals surface area contributed by atoms with E-state index in [9.17, 15) is 9.59 Å². The van der Waals surface area contributed by atoms with E-state index in [4.69, 9.17) is 9.47 Å². The van der Waals surface area contributed by atoms with Crippen molar-refractivity contribution < 1.29 is 19.1 Å². The number of carbonyl (C=O) groups is 2. The second-order valence-electron chi connectivity index (χ2n) is 4.56. The highest BCUT2D eigenvalue weighted by molar-refractivity contribution is 5.69. The lowest BCUT2D eigenvalue weighted by Crippen LogP contribution is -2.10. The molecule has 0 aliphatic heterocycles. The van der Waals surface area contributed by atoms with Gasteiger partial charge in [0.1, 0.15) is 5.75 Å². The normalized spacial score (nSPS) is 11.0. The molecule has 0 saturated heterocycles. The molecule has 2 aromatic rings. The molecule has 0 spiro atoms. The van der Waals surface area contributed by atoms with Gasteiger partial charge < -0.3 is 9.47 Å². The van der Waals surface area contributed by atoms with Gasteiger partial charge in [0.25, 0.3) is 0 Å². The minimum Gasteiger partial charge on any atom is -0.453 e. The van der Waals surface area contributed by atoms with E-state index in [-0.39, 0.29) is 19.4 Å². The van der Waals surface area contributed by atoms with Gasteiger partial charge >= 0.3 is 11.9 Å². The molecule has 1 unspecified atom stereocenters. The molecule has 1 atom stereocenters. The molecule has 116 valence electrons. The lowest BCUT2D eigenvalue weighted by molar-refractivity contribution is -0.144. The molecule has 0 radical (unpaired) electrons. The van der Waals surface area contributed by atoms with Crippen molar-refractivity contribution in [3.63, 3.8) is 0 Å². The number of hydrogen-bond acceptors (Lipinski definition) is 4. The highest BCUT2D eigenvalue weighted by Gasteiger charge is 2.17. The summed E-state index contributed by atoms with van der Waals surface area (Å²) >= 11 is 0. The maximum atomic E-state index is 11.3. The third kappa shape index (κ3) is 4.74. The first-order valence-corrected chi connectivity index (χ1v) is 6.57. The number of carbonyl (C=O) groups excluding carboxylic acids is 2. The van der Waals surface area contributed by atoms with Crippen molar-refractivity contribution in [1.29, 1.82) is 0 Å². The molecule has 0 bridgehead atoms. The van der Waals surface area contributed by atoms with Gasteiger partial charge in [0.15, 0.2) is 6.10 Å². The van der Waals surface area contributed by atoms with Crippen LogP contribution in [0.15, 0.2) is 54.6 Å². The molecule has 0 N–H and O–H groups in total. The highest BCUT2D eigenvalue weighted by atomic mass is 16.5. The van der Waals surface area contributed by atoms with E-state index in [0.717, 1.165) is 11.1 Å². The quantitative estimate of drug-likeness (QED) is 0.634. The largest absolute Gasteiger partial charge is 0.453 e. The fraction of sp³-hybridized carbons (Fsp3) is 0.222. The monoisotopic (exact) mass is 300 g/mol. The summed E-state index contributed by atoms with van der Waals surface area (Å²) in [5, 5.41) is 0. The Morgan fingerprint density at radius 2 is 1.36 bits per heavy atom. The molecular weight excluding hydrogens is 280 g/mol. The zero-order valence-electron chi connectivity index (χ0n) is 11.9. The van der Waals surface area contributed by atoms with Crippen molar-refractivity contribution in [3.8, 4) is 5.75 Å². The molecule has 0 aromatic heterocycles. The maximum absolute atomic E-state index is 11.3. The van der Waals surface area contributed by atoms with Crippen molar-refractivity contribution in [3.05, 3.63) is 65.7 Å². The molecule has 0 saturated carbocycles. The van der Waals surface area contributed by atoms with Crippen LogP contribution < -0.4 is 4.74 Å². The summed E-state index contributed by atoms with van der Waals surface area (Å²) in [6, 6.07) is 16.4. The Morgan fingerprint density at radius 1 is 0.818 bits per heavy atom. The Labute approximate surface area is 130 Å². The Kier molecular flexibility index (Phi) is 6.32. The number of benzene rings is 2. The van der Waals surface area contributed by atoms with Crippen molar-refractivity contribution in [2.45, 2.75) is 27.4 Å². The van der Waals surface area contributed by atoms with Gasteiger partial charge in [-0.3, -0.25) is 9.59 Å². The summed E-state index contributed by atoms with van der Waals surface area (Å²) in [6.07, 6.45) is -0.477. The minimum atomic E-state index is -0.477. The summed E-state index contributed by atoms with van der Waals surface area (Å²) in [4.78, 5) is 22.2. The van der Waals surface area contributed by atoms with Gasteiger partial charge in [-0.1, -0.05) is 49.9 Å². The number of rotatable bonds is 4. The Morgan fingerprint density at radius 3 is 1.86 bits per heavy atom. The number of ether oxygens (including phenoxy) is 2. The summed E-state index contributed by atoms with van der Waals surface area (Å²) in [6.45, 7) is 2.72. The van der Waals surface area contributed by atoms with Gasteiger partial charge in [-0.05, 0) is 23.3 Å². The number of esters is 2. The van der Waals surface area contributed by atoms with Gasteiger partial charge in [0.2, 0.25) is 0 Å². The maximum Gasteiger partial charge on any atom is 0.308 e. The van der Waals surface area contributed by atoms with Crippen LogP contribution in [0.3, 0.4) is 0 Å². The van der Waals surface area contributed by atoms with Gasteiger partial charge in [0.05, 0.1) is 0 Å². The van der Waals surface area contributed by atoms with Crippen LogP contribution in [0, 0.1) is 0 Å². The predicted octanol–water partition coefficient (Wildman–Crippen LogP) is 3.90. The van der Waals surface area contributed by atoms with E-state index in [0.29, 0.717) is 5.75 Å². The standard InChI is InChI=1S/C17H16O4.CH4/c1-12(18)20-16-10-8-15(9-11-16)17(21-13(2)19)14-6-4-3-5-7-14;/h3-11,17H,1-2H3;1H4. The predicted molar refractivity (Wildman–Crippen MR) is 84.5 cm³/mol. The van der Waals surface area contributed by atoms with E-state index < -0.39 is 6.10 Å². The second-order valence-corrected chi connectivity index (χ2v) is 4.56. The fourth-order valence-corrected chi connectivity index (χ4v) is 2.00. The topological polar surface area (TPSA) is 52.6 Å². The lowest BCUT2D eigenvalue weighted by Gasteiger charge is -2.18. The molecule has 0 aliphatic rings. The van der Waals surface area contributed by atoms with Gasteiger partial charge in [-0.25, -0.2) is 0 Å². The third-order valence-corrected chi connectivity index (χ3v) is 2.83. The van der Waals surface area contributed by atoms with Crippen LogP contribution >= 0.6 is 0 Å². The van der Waals surface area contributed by atoms with Crippen LogP contribution in [0.25, 0.3) is 0 Å². The first kappa shape index (κ1) is 17.4. The first-order chi connectivity index (χ1) is 10.1. The molecule has 0 amide bonds. The Hall–Kier alpha value is -2.62. The summed E-state index contributed by atoms with van der Waals surface area (Å²) in [5.41, 5.74) is 1.69. The smallest absolute Gasteiger partial charge is 0.308 e. The van der Waals surface area contributed by atoms with Crippen LogP contribution in [0.4, 0.5) is 0 Å². The van der Waals surface area contributed by atoms with E-state index in [1.165, 1.54) is 13.8 Å². The first-order valence-electron chi connectivity index (χ1n) is 6.57. The average Bonchev–Trinajstić information content (AvgIpc) is 2.46. The zero-order valence-corrected chi connectivity index (χ0v) is 11.9. The highest BCUT2D eigenvalue weighted by Crippen LogP contribution is 2.27. The van der Waals surface area contributed by atoms with E-state index in [2.05, 4.69) is 0 Å². The summed E-state index contributed by atoms with van der Waals surface area (Å²) in [5.74, 6) is -0.267. The molecule has 0 heterocycles. The van der Waals surface area contributed by atoms with Crippen molar-refractivity contribution in [1.82, 2.24) is 0 Å². The van der Waals surface area contributed by atoms with Crippen molar-refractivity contribution >= 4 is 11.9 Å². The van der Waals surface area contributed by atoms with Crippen molar-refractivity contribution in [2.24, 2.45) is 0 Å². The van der Waals surface area contributed by atoms with Crippen LogP contribution in [0.5, 0.6) is 5.75 Å². The van der Waals surface area contributed by atoms with Crippen LogP contribution in [0.1, 0.15) is 38.5 Å². The van der Waals surface area contributed by atoms with Crippen LogP contribution in [-0.2, 0) is 14.3 Å². The molecule has 2 rings (SSSR count). The molecule has 4 heteroatoms. The summed E-state index contributed by atoms with van der Waals surface area (Å²) < 4.78 is 10.4.